The van der Waals surface area contributed by atoms with E-state index in [2.05, 4.69) is 15.3 Å². The Bertz CT molecular complexity index is 1420. The first kappa shape index (κ1) is 26.3. The number of nitrogens with one attached hydrogen (secondary N) is 1. The summed E-state index contributed by atoms with van der Waals surface area (Å²) in [6.45, 7) is 1.34. The smallest absolute Gasteiger partial charge is 0.275 e. The number of pyridine rings is 1. The Kier molecular flexibility index (Phi) is 8.36. The van der Waals surface area contributed by atoms with Crippen LogP contribution in [0.5, 0.6) is 0 Å². The average molecular weight is 567 g/mol. The van der Waals surface area contributed by atoms with Crippen molar-refractivity contribution in [1.29, 1.82) is 0 Å². The van der Waals surface area contributed by atoms with Crippen LogP contribution in [0.4, 0.5) is 10.1 Å². The Labute approximate surface area is 233 Å². The third-order valence-corrected chi connectivity index (χ3v) is 8.60. The van der Waals surface area contributed by atoms with Gasteiger partial charge in [0.1, 0.15) is 11.5 Å². The molecule has 1 fully saturated rings. The minimum absolute atomic E-state index is 0.125. The van der Waals surface area contributed by atoms with E-state index in [0.29, 0.717) is 40.8 Å². The lowest BCUT2D eigenvalue weighted by molar-refractivity contribution is -0.129. The van der Waals surface area contributed by atoms with E-state index in [-0.39, 0.29) is 17.7 Å². The van der Waals surface area contributed by atoms with Gasteiger partial charge in [0.05, 0.1) is 10.8 Å². The fourth-order valence-electron chi connectivity index (χ4n) is 4.31. The van der Waals surface area contributed by atoms with Crippen LogP contribution in [0.25, 0.3) is 11.1 Å². The standard InChI is InChI=1S/C28H24ClFN4O2S2/c29-20-3-1-18(2-4-20)23-15-21(30)5-6-24(23)32-27(36)25-16-38-28(33-25)19-9-13-34(14-10-19)26(35)17-37-22-7-11-31-12-8-22/h1-8,11-12,15-16,19H,9-10,13-14,17H2,(H,32,36). The fourth-order valence-corrected chi connectivity index (χ4v) is 6.19. The largest absolute Gasteiger partial charge is 0.342 e. The maximum Gasteiger partial charge on any atom is 0.275 e. The van der Waals surface area contributed by atoms with Crippen molar-refractivity contribution in [3.63, 3.8) is 0 Å². The number of hydrogen-bond acceptors (Lipinski definition) is 6. The fraction of sp³-hybridized carbons (Fsp3) is 0.214. The maximum absolute atomic E-state index is 14.0. The van der Waals surface area contributed by atoms with Gasteiger partial charge >= 0.3 is 0 Å². The van der Waals surface area contributed by atoms with E-state index in [0.717, 1.165) is 28.3 Å². The molecule has 0 spiro atoms. The summed E-state index contributed by atoms with van der Waals surface area (Å²) in [4.78, 5) is 37.2. The van der Waals surface area contributed by atoms with E-state index in [9.17, 15) is 14.0 Å². The number of nitrogens with zero attached hydrogens (tertiary/aromatic N) is 3. The molecule has 4 aromatic rings. The van der Waals surface area contributed by atoms with E-state index in [1.54, 1.807) is 48.1 Å². The Balaban J connectivity index is 1.19. The first-order valence-electron chi connectivity index (χ1n) is 12.1. The number of halogens is 2. The Morgan fingerprint density at radius 1 is 1.08 bits per heavy atom. The maximum atomic E-state index is 14.0. The number of anilines is 1. The molecule has 3 heterocycles. The van der Waals surface area contributed by atoms with Crippen molar-refractivity contribution < 1.29 is 14.0 Å². The van der Waals surface area contributed by atoms with Gasteiger partial charge in [-0.25, -0.2) is 9.37 Å². The van der Waals surface area contributed by atoms with Crippen LogP contribution >= 0.6 is 34.7 Å². The number of amides is 2. The molecule has 1 aliphatic rings. The number of likely N-dealkylation sites (tertiary alicyclic amines) is 1. The van der Waals surface area contributed by atoms with Crippen LogP contribution in [0.15, 0.2) is 77.3 Å². The predicted molar refractivity (Wildman–Crippen MR) is 150 cm³/mol. The summed E-state index contributed by atoms with van der Waals surface area (Å²) in [6, 6.07) is 15.0. The molecular weight excluding hydrogens is 543 g/mol. The molecule has 194 valence electrons. The molecule has 0 unspecified atom stereocenters. The van der Waals surface area contributed by atoms with E-state index in [4.69, 9.17) is 11.6 Å². The molecule has 1 aliphatic heterocycles. The molecule has 1 saturated heterocycles. The van der Waals surface area contributed by atoms with E-state index >= 15 is 0 Å². The van der Waals surface area contributed by atoms with Crippen molar-refractivity contribution in [3.8, 4) is 11.1 Å². The molecule has 38 heavy (non-hydrogen) atoms. The highest BCUT2D eigenvalue weighted by molar-refractivity contribution is 8.00. The zero-order chi connectivity index (χ0) is 26.5. The second-order valence-electron chi connectivity index (χ2n) is 8.85. The van der Waals surface area contributed by atoms with Crippen LogP contribution in [0.1, 0.15) is 34.3 Å². The highest BCUT2D eigenvalue weighted by Gasteiger charge is 2.26. The SMILES string of the molecule is O=C(Nc1ccc(F)cc1-c1ccc(Cl)cc1)c1csc(C2CCN(C(=O)CSc3ccncc3)CC2)n1. The molecule has 0 radical (unpaired) electrons. The van der Waals surface area contributed by atoms with Crippen molar-refractivity contribution in [2.75, 3.05) is 24.2 Å². The molecule has 2 aromatic carbocycles. The molecule has 6 nitrogen and oxygen atoms in total. The van der Waals surface area contributed by atoms with Gasteiger partial charge in [-0.15, -0.1) is 23.1 Å². The monoisotopic (exact) mass is 566 g/mol. The number of hydrogen-bond donors (Lipinski definition) is 1. The van der Waals surface area contributed by atoms with Crippen molar-refractivity contribution in [1.82, 2.24) is 14.9 Å². The summed E-state index contributed by atoms with van der Waals surface area (Å²) in [7, 11) is 0. The van der Waals surface area contributed by atoms with Crippen LogP contribution in [0.2, 0.25) is 5.02 Å². The van der Waals surface area contributed by atoms with E-state index in [1.165, 1.54) is 35.2 Å². The third-order valence-electron chi connectivity index (χ3n) is 6.35. The highest BCUT2D eigenvalue weighted by Crippen LogP contribution is 2.33. The normalized spacial score (nSPS) is 13.9. The zero-order valence-corrected chi connectivity index (χ0v) is 22.7. The quantitative estimate of drug-likeness (QED) is 0.250. The number of carbonyl (C=O) groups excluding carboxylic acids is 2. The predicted octanol–water partition coefficient (Wildman–Crippen LogP) is 6.75. The molecule has 0 atom stereocenters. The number of benzene rings is 2. The van der Waals surface area contributed by atoms with Gasteiger partial charge in [-0.2, -0.15) is 0 Å². The summed E-state index contributed by atoms with van der Waals surface area (Å²) >= 11 is 8.96. The Morgan fingerprint density at radius 3 is 2.55 bits per heavy atom. The molecule has 2 aromatic heterocycles. The van der Waals surface area contributed by atoms with Gasteiger partial charge in [0.25, 0.3) is 5.91 Å². The van der Waals surface area contributed by atoms with Crippen LogP contribution in [-0.2, 0) is 4.79 Å². The number of piperidine rings is 1. The van der Waals surface area contributed by atoms with Gasteiger partial charge < -0.3 is 10.2 Å². The summed E-state index contributed by atoms with van der Waals surface area (Å²) in [5.74, 6) is -0.0219. The van der Waals surface area contributed by atoms with Gasteiger partial charge in [-0.1, -0.05) is 23.7 Å². The van der Waals surface area contributed by atoms with Crippen molar-refractivity contribution in [2.45, 2.75) is 23.7 Å². The summed E-state index contributed by atoms with van der Waals surface area (Å²) < 4.78 is 14.0. The summed E-state index contributed by atoms with van der Waals surface area (Å²) in [6.07, 6.45) is 5.05. The molecule has 0 bridgehead atoms. The minimum Gasteiger partial charge on any atom is -0.342 e. The van der Waals surface area contributed by atoms with E-state index in [1.807, 2.05) is 17.0 Å². The molecule has 1 N–H and O–H groups in total. The van der Waals surface area contributed by atoms with Gasteiger partial charge in [0.2, 0.25) is 5.91 Å². The van der Waals surface area contributed by atoms with Crippen LogP contribution < -0.4 is 5.32 Å². The Morgan fingerprint density at radius 2 is 1.82 bits per heavy atom. The topological polar surface area (TPSA) is 75.2 Å². The van der Waals surface area contributed by atoms with Gasteiger partial charge in [0.15, 0.2) is 0 Å². The third kappa shape index (κ3) is 6.40. The lowest BCUT2D eigenvalue weighted by Crippen LogP contribution is -2.38. The van der Waals surface area contributed by atoms with Gasteiger partial charge in [-0.3, -0.25) is 14.6 Å². The van der Waals surface area contributed by atoms with Crippen molar-refractivity contribution >= 4 is 52.2 Å². The first-order chi connectivity index (χ1) is 18.5. The second-order valence-corrected chi connectivity index (χ2v) is 11.2. The lowest BCUT2D eigenvalue weighted by atomic mass is 9.97. The van der Waals surface area contributed by atoms with Gasteiger partial charge in [0, 0.05) is 58.0 Å². The highest BCUT2D eigenvalue weighted by atomic mass is 35.5. The van der Waals surface area contributed by atoms with Gasteiger partial charge in [-0.05, 0) is 60.9 Å². The molecular formula is C28H24ClFN4O2S2. The summed E-state index contributed by atoms with van der Waals surface area (Å²) in [5, 5.41) is 6.10. The zero-order valence-electron chi connectivity index (χ0n) is 20.3. The number of thiazole rings is 1. The number of thioether (sulfide) groups is 1. The van der Waals surface area contributed by atoms with Crippen LogP contribution in [0, 0.1) is 5.82 Å². The van der Waals surface area contributed by atoms with Crippen LogP contribution in [-0.4, -0.2) is 45.5 Å². The van der Waals surface area contributed by atoms with E-state index < -0.39 is 5.82 Å². The van der Waals surface area contributed by atoms with Crippen LogP contribution in [0.3, 0.4) is 0 Å². The van der Waals surface area contributed by atoms with Crippen molar-refractivity contribution in [3.05, 3.63) is 93.9 Å². The summed E-state index contributed by atoms with van der Waals surface area (Å²) in [5.41, 5.74) is 2.11. The Hall–Kier alpha value is -3.27. The average Bonchev–Trinajstić information content (AvgIpc) is 3.44. The molecule has 0 saturated carbocycles. The second kappa shape index (κ2) is 12.1. The minimum atomic E-state index is -0.398. The molecule has 0 aliphatic carbocycles. The molecule has 2 amide bonds. The molecule has 10 heteroatoms. The number of rotatable bonds is 7. The first-order valence-corrected chi connectivity index (χ1v) is 14.3. The van der Waals surface area contributed by atoms with Crippen molar-refractivity contribution in [2.24, 2.45) is 0 Å². The molecule has 5 rings (SSSR count). The number of carbonyl (C=O) groups is 2. The lowest BCUT2D eigenvalue weighted by Gasteiger charge is -2.31. The number of aromatic nitrogens is 2.